The van der Waals surface area contributed by atoms with E-state index in [1.165, 1.54) is 11.8 Å². The van der Waals surface area contributed by atoms with Gasteiger partial charge in [0.05, 0.1) is 25.5 Å². The smallest absolute Gasteiger partial charge is 0.234 e. The number of carbonyl (C=O) groups is 1. The van der Waals surface area contributed by atoms with E-state index >= 15 is 0 Å². The zero-order chi connectivity index (χ0) is 20.4. The number of rotatable bonds is 6. The first-order valence-electron chi connectivity index (χ1n) is 8.98. The Labute approximate surface area is 172 Å². The number of para-hydroxylation sites is 1. The van der Waals surface area contributed by atoms with Gasteiger partial charge in [-0.25, -0.2) is 0 Å². The molecule has 0 fully saturated rings. The first-order chi connectivity index (χ1) is 14.1. The van der Waals surface area contributed by atoms with E-state index in [4.69, 9.17) is 9.47 Å². The van der Waals surface area contributed by atoms with Crippen molar-refractivity contribution in [2.45, 2.75) is 12.1 Å². The lowest BCUT2D eigenvalue weighted by Crippen LogP contribution is -2.14. The molecule has 4 aromatic rings. The average Bonchev–Trinajstić information content (AvgIpc) is 3.17. The fourth-order valence-electron chi connectivity index (χ4n) is 3.15. The van der Waals surface area contributed by atoms with Crippen molar-refractivity contribution in [3.8, 4) is 11.5 Å². The standard InChI is InChI=1S/C21H20N4O3S/c1-13-8-14-6-4-5-7-18(14)25-20(13)23-24-21(25)29-12-19(26)22-15-9-16(27-2)11-17(10-15)28-3/h4-11H,12H2,1-3H3,(H,22,26). The summed E-state index contributed by atoms with van der Waals surface area (Å²) < 4.78 is 12.5. The number of hydrogen-bond donors (Lipinski definition) is 1. The van der Waals surface area contributed by atoms with Gasteiger partial charge in [0, 0.05) is 23.9 Å². The molecule has 0 saturated carbocycles. The number of anilines is 1. The number of aryl methyl sites for hydroxylation is 1. The molecule has 0 radical (unpaired) electrons. The van der Waals surface area contributed by atoms with Gasteiger partial charge in [0.2, 0.25) is 5.91 Å². The van der Waals surface area contributed by atoms with Gasteiger partial charge in [-0.3, -0.25) is 9.20 Å². The number of nitrogens with zero attached hydrogens (tertiary/aromatic N) is 3. The van der Waals surface area contributed by atoms with E-state index in [0.29, 0.717) is 22.3 Å². The molecule has 0 spiro atoms. The first-order valence-corrected chi connectivity index (χ1v) is 9.97. The maximum Gasteiger partial charge on any atom is 0.234 e. The minimum atomic E-state index is -0.154. The zero-order valence-electron chi connectivity index (χ0n) is 16.3. The topological polar surface area (TPSA) is 77.8 Å². The van der Waals surface area contributed by atoms with Gasteiger partial charge in [-0.15, -0.1) is 10.2 Å². The van der Waals surface area contributed by atoms with Crippen LogP contribution in [-0.2, 0) is 4.79 Å². The van der Waals surface area contributed by atoms with Crippen molar-refractivity contribution in [1.82, 2.24) is 14.6 Å². The summed E-state index contributed by atoms with van der Waals surface area (Å²) in [5.41, 5.74) is 3.46. The Kier molecular flexibility index (Phi) is 5.26. The van der Waals surface area contributed by atoms with Crippen LogP contribution in [-0.4, -0.2) is 40.5 Å². The molecule has 1 amide bonds. The van der Waals surface area contributed by atoms with Crippen LogP contribution in [0.1, 0.15) is 5.56 Å². The Morgan fingerprint density at radius 1 is 1.07 bits per heavy atom. The normalized spacial score (nSPS) is 11.0. The minimum absolute atomic E-state index is 0.154. The van der Waals surface area contributed by atoms with Crippen LogP contribution in [0.3, 0.4) is 0 Å². The molecular weight excluding hydrogens is 388 g/mol. The van der Waals surface area contributed by atoms with E-state index in [0.717, 1.165) is 22.1 Å². The number of benzene rings is 2. The molecule has 0 aliphatic carbocycles. The van der Waals surface area contributed by atoms with E-state index < -0.39 is 0 Å². The number of ether oxygens (including phenoxy) is 2. The second-order valence-corrected chi connectivity index (χ2v) is 7.41. The van der Waals surface area contributed by atoms with Gasteiger partial charge >= 0.3 is 0 Å². The van der Waals surface area contributed by atoms with Crippen molar-refractivity contribution >= 4 is 39.9 Å². The molecule has 148 valence electrons. The molecule has 8 heteroatoms. The molecule has 2 aromatic heterocycles. The maximum absolute atomic E-state index is 12.5. The summed E-state index contributed by atoms with van der Waals surface area (Å²) >= 11 is 1.34. The number of pyridine rings is 1. The molecular formula is C21H20N4O3S. The van der Waals surface area contributed by atoms with Gasteiger partial charge in [-0.2, -0.15) is 0 Å². The minimum Gasteiger partial charge on any atom is -0.497 e. The van der Waals surface area contributed by atoms with Gasteiger partial charge < -0.3 is 14.8 Å². The van der Waals surface area contributed by atoms with Crippen molar-refractivity contribution < 1.29 is 14.3 Å². The number of methoxy groups -OCH3 is 2. The van der Waals surface area contributed by atoms with Gasteiger partial charge in [0.25, 0.3) is 0 Å². The molecule has 7 nitrogen and oxygen atoms in total. The quantitative estimate of drug-likeness (QED) is 0.487. The number of hydrogen-bond acceptors (Lipinski definition) is 6. The molecule has 0 unspecified atom stereocenters. The Hall–Kier alpha value is -3.26. The molecule has 0 aliphatic heterocycles. The summed E-state index contributed by atoms with van der Waals surface area (Å²) in [6.07, 6.45) is 0. The largest absolute Gasteiger partial charge is 0.497 e. The van der Waals surface area contributed by atoms with Crippen LogP contribution < -0.4 is 14.8 Å². The van der Waals surface area contributed by atoms with Crippen molar-refractivity contribution in [1.29, 1.82) is 0 Å². The average molecular weight is 408 g/mol. The number of carbonyl (C=O) groups excluding carboxylic acids is 1. The molecule has 4 rings (SSSR count). The summed E-state index contributed by atoms with van der Waals surface area (Å²) in [5, 5.41) is 13.3. The molecule has 2 aromatic carbocycles. The van der Waals surface area contributed by atoms with Gasteiger partial charge in [-0.05, 0) is 30.0 Å². The maximum atomic E-state index is 12.5. The van der Waals surface area contributed by atoms with Crippen LogP contribution in [0.15, 0.2) is 53.7 Å². The molecule has 2 heterocycles. The van der Waals surface area contributed by atoms with Crippen molar-refractivity contribution in [2.24, 2.45) is 0 Å². The highest BCUT2D eigenvalue weighted by Crippen LogP contribution is 2.27. The van der Waals surface area contributed by atoms with Gasteiger partial charge in [0.1, 0.15) is 11.5 Å². The fourth-order valence-corrected chi connectivity index (χ4v) is 3.90. The van der Waals surface area contributed by atoms with E-state index in [-0.39, 0.29) is 11.7 Å². The van der Waals surface area contributed by atoms with E-state index in [2.05, 4.69) is 27.6 Å². The van der Waals surface area contributed by atoms with Gasteiger partial charge in [0.15, 0.2) is 10.8 Å². The Morgan fingerprint density at radius 2 is 1.79 bits per heavy atom. The number of amides is 1. The highest BCUT2D eigenvalue weighted by atomic mass is 32.2. The summed E-state index contributed by atoms with van der Waals surface area (Å²) in [4.78, 5) is 12.5. The summed E-state index contributed by atoms with van der Waals surface area (Å²) in [5.74, 6) is 1.26. The van der Waals surface area contributed by atoms with E-state index in [1.807, 2.05) is 29.5 Å². The zero-order valence-corrected chi connectivity index (χ0v) is 17.1. The van der Waals surface area contributed by atoms with Crippen LogP contribution >= 0.6 is 11.8 Å². The highest BCUT2D eigenvalue weighted by Gasteiger charge is 2.14. The predicted molar refractivity (Wildman–Crippen MR) is 114 cm³/mol. The predicted octanol–water partition coefficient (Wildman–Crippen LogP) is 3.94. The summed E-state index contributed by atoms with van der Waals surface area (Å²) in [6, 6.07) is 15.4. The molecule has 0 saturated heterocycles. The van der Waals surface area contributed by atoms with Crippen molar-refractivity contribution in [2.75, 3.05) is 25.3 Å². The van der Waals surface area contributed by atoms with Crippen LogP contribution in [0.25, 0.3) is 16.6 Å². The van der Waals surface area contributed by atoms with E-state index in [1.54, 1.807) is 32.4 Å². The second-order valence-electron chi connectivity index (χ2n) is 6.47. The number of thioether (sulfide) groups is 1. The van der Waals surface area contributed by atoms with E-state index in [9.17, 15) is 4.79 Å². The number of aromatic nitrogens is 3. The first kappa shape index (κ1) is 19.1. The lowest BCUT2D eigenvalue weighted by atomic mass is 10.1. The lowest BCUT2D eigenvalue weighted by Gasteiger charge is -2.10. The Morgan fingerprint density at radius 3 is 2.52 bits per heavy atom. The Balaban J connectivity index is 1.55. The monoisotopic (exact) mass is 408 g/mol. The van der Waals surface area contributed by atoms with Crippen LogP contribution in [0, 0.1) is 6.92 Å². The third-order valence-electron chi connectivity index (χ3n) is 4.50. The Bertz CT molecular complexity index is 1180. The molecule has 29 heavy (non-hydrogen) atoms. The number of nitrogens with one attached hydrogen (secondary N) is 1. The van der Waals surface area contributed by atoms with Crippen LogP contribution in [0.5, 0.6) is 11.5 Å². The van der Waals surface area contributed by atoms with Crippen molar-refractivity contribution in [3.05, 3.63) is 54.1 Å². The SMILES string of the molecule is COc1cc(NC(=O)CSc2nnc3c(C)cc4ccccc4n23)cc(OC)c1. The fraction of sp³-hybridized carbons (Fsp3) is 0.190. The van der Waals surface area contributed by atoms with Gasteiger partial charge in [-0.1, -0.05) is 30.0 Å². The lowest BCUT2D eigenvalue weighted by molar-refractivity contribution is -0.113. The second kappa shape index (κ2) is 8.00. The number of fused-ring (bicyclic) bond motifs is 3. The third-order valence-corrected chi connectivity index (χ3v) is 5.43. The molecule has 0 bridgehead atoms. The molecule has 0 aliphatic rings. The van der Waals surface area contributed by atoms with Crippen LogP contribution in [0.4, 0.5) is 5.69 Å². The summed E-state index contributed by atoms with van der Waals surface area (Å²) in [6.45, 7) is 2.01. The summed E-state index contributed by atoms with van der Waals surface area (Å²) in [7, 11) is 3.14. The van der Waals surface area contributed by atoms with Crippen LogP contribution in [0.2, 0.25) is 0 Å². The highest BCUT2D eigenvalue weighted by molar-refractivity contribution is 7.99. The molecule has 0 atom stereocenters. The molecule has 1 N–H and O–H groups in total. The van der Waals surface area contributed by atoms with Crippen molar-refractivity contribution in [3.63, 3.8) is 0 Å². The third kappa shape index (κ3) is 3.84.